The van der Waals surface area contributed by atoms with Crippen LogP contribution in [0.3, 0.4) is 0 Å². The summed E-state index contributed by atoms with van der Waals surface area (Å²) < 4.78 is 17.8. The largest absolute Gasteiger partial charge is 0.465 e. The second-order valence-electron chi connectivity index (χ2n) is 6.29. The minimum absolute atomic E-state index is 0.000109. The zero-order valence-electron chi connectivity index (χ0n) is 13.5. The summed E-state index contributed by atoms with van der Waals surface area (Å²) >= 11 is 0. The number of nitrogens with zero attached hydrogens (tertiary/aromatic N) is 1. The van der Waals surface area contributed by atoms with Gasteiger partial charge in [-0.05, 0) is 38.5 Å². The van der Waals surface area contributed by atoms with Crippen LogP contribution in [0, 0.1) is 11.2 Å². The summed E-state index contributed by atoms with van der Waals surface area (Å²) in [6.45, 7) is 4.53. The molecule has 0 aliphatic heterocycles. The van der Waals surface area contributed by atoms with Crippen molar-refractivity contribution in [3.8, 4) is 0 Å². The van der Waals surface area contributed by atoms with Gasteiger partial charge in [0.15, 0.2) is 0 Å². The first-order chi connectivity index (χ1) is 10.6. The molecule has 7 heteroatoms. The Morgan fingerprint density at radius 2 is 1.83 bits per heavy atom. The molecule has 0 saturated heterocycles. The number of carbonyl (C=O) groups excluding carboxylic acids is 1. The van der Waals surface area contributed by atoms with Gasteiger partial charge in [-0.15, -0.1) is 0 Å². The maximum atomic E-state index is 12.8. The van der Waals surface area contributed by atoms with Crippen LogP contribution in [0.4, 0.5) is 9.18 Å². The van der Waals surface area contributed by atoms with Gasteiger partial charge in [0.2, 0.25) is 0 Å². The number of carbonyl (C=O) groups is 2. The first kappa shape index (κ1) is 18.9. The first-order valence-corrected chi connectivity index (χ1v) is 7.17. The number of esters is 1. The summed E-state index contributed by atoms with van der Waals surface area (Å²) in [5, 5.41) is 19.0. The minimum Gasteiger partial charge on any atom is -0.465 e. The smallest absolute Gasteiger partial charge is 0.407 e. The second-order valence-corrected chi connectivity index (χ2v) is 6.29. The molecule has 1 unspecified atom stereocenters. The molecule has 0 spiro atoms. The van der Waals surface area contributed by atoms with Crippen molar-refractivity contribution >= 4 is 12.1 Å². The molecule has 1 atom stereocenters. The standard InChI is InChI=1S/C16H22FNO5/c1-16(2,3)14(20)23-10-13(19)9-18(15(21)22)8-11-4-6-12(17)7-5-11/h4-7,13,19H,8-10H2,1-3H3,(H,21,22). The van der Waals surface area contributed by atoms with Crippen LogP contribution >= 0.6 is 0 Å². The monoisotopic (exact) mass is 327 g/mol. The molecule has 0 heterocycles. The number of carboxylic acid groups (broad SMARTS) is 1. The summed E-state index contributed by atoms with van der Waals surface area (Å²) in [5.41, 5.74) is -0.104. The van der Waals surface area contributed by atoms with Gasteiger partial charge in [0.1, 0.15) is 18.5 Å². The zero-order valence-corrected chi connectivity index (χ0v) is 13.5. The van der Waals surface area contributed by atoms with Crippen molar-refractivity contribution in [2.24, 2.45) is 5.41 Å². The predicted molar refractivity (Wildman–Crippen MR) is 81.3 cm³/mol. The molecule has 1 aromatic carbocycles. The summed E-state index contributed by atoms with van der Waals surface area (Å²) in [4.78, 5) is 23.8. The van der Waals surface area contributed by atoms with Crippen LogP contribution in [0.5, 0.6) is 0 Å². The molecule has 1 rings (SSSR count). The van der Waals surface area contributed by atoms with Gasteiger partial charge < -0.3 is 19.8 Å². The lowest BCUT2D eigenvalue weighted by molar-refractivity contribution is -0.156. The molecule has 128 valence electrons. The highest BCUT2D eigenvalue weighted by molar-refractivity contribution is 5.75. The molecule has 0 bridgehead atoms. The highest BCUT2D eigenvalue weighted by Crippen LogP contribution is 2.15. The Morgan fingerprint density at radius 1 is 1.26 bits per heavy atom. The van der Waals surface area contributed by atoms with Gasteiger partial charge in [0.25, 0.3) is 0 Å². The van der Waals surface area contributed by atoms with Gasteiger partial charge in [0, 0.05) is 6.54 Å². The van der Waals surface area contributed by atoms with E-state index in [9.17, 15) is 24.2 Å². The number of rotatable bonds is 6. The van der Waals surface area contributed by atoms with Crippen molar-refractivity contribution in [3.63, 3.8) is 0 Å². The van der Waals surface area contributed by atoms with Gasteiger partial charge in [-0.25, -0.2) is 9.18 Å². The molecule has 0 fully saturated rings. The Bertz CT molecular complexity index is 538. The van der Waals surface area contributed by atoms with E-state index in [2.05, 4.69) is 0 Å². The number of hydrogen-bond acceptors (Lipinski definition) is 4. The van der Waals surface area contributed by atoms with E-state index in [1.807, 2.05) is 0 Å². The molecule has 0 aliphatic carbocycles. The lowest BCUT2D eigenvalue weighted by Gasteiger charge is -2.23. The molecular formula is C16H22FNO5. The zero-order chi connectivity index (χ0) is 17.6. The van der Waals surface area contributed by atoms with Crippen molar-refractivity contribution in [2.45, 2.75) is 33.4 Å². The van der Waals surface area contributed by atoms with Crippen molar-refractivity contribution in [3.05, 3.63) is 35.6 Å². The van der Waals surface area contributed by atoms with Crippen molar-refractivity contribution in [1.82, 2.24) is 4.90 Å². The number of aliphatic hydroxyl groups is 1. The third kappa shape index (κ3) is 6.65. The fraction of sp³-hybridized carbons (Fsp3) is 0.500. The summed E-state index contributed by atoms with van der Waals surface area (Å²) in [6, 6.07) is 5.41. The lowest BCUT2D eigenvalue weighted by atomic mass is 9.97. The van der Waals surface area contributed by atoms with Gasteiger partial charge >= 0.3 is 12.1 Å². The molecule has 6 nitrogen and oxygen atoms in total. The molecule has 0 aromatic heterocycles. The van der Waals surface area contributed by atoms with Gasteiger partial charge in [-0.3, -0.25) is 4.79 Å². The molecule has 1 aromatic rings. The molecule has 0 aliphatic rings. The molecular weight excluding hydrogens is 305 g/mol. The Morgan fingerprint density at radius 3 is 2.30 bits per heavy atom. The molecule has 0 saturated carbocycles. The van der Waals surface area contributed by atoms with Crippen molar-refractivity contribution < 1.29 is 28.9 Å². The lowest BCUT2D eigenvalue weighted by Crippen LogP contribution is -2.39. The maximum absolute atomic E-state index is 12.8. The molecule has 2 N–H and O–H groups in total. The molecule has 23 heavy (non-hydrogen) atoms. The average Bonchev–Trinajstić information content (AvgIpc) is 2.45. The minimum atomic E-state index is -1.23. The third-order valence-corrected chi connectivity index (χ3v) is 3.01. The fourth-order valence-electron chi connectivity index (χ4n) is 1.72. The number of halogens is 1. The van der Waals surface area contributed by atoms with Gasteiger partial charge in [-0.2, -0.15) is 0 Å². The Kier molecular flexibility index (Phi) is 6.50. The van der Waals surface area contributed by atoms with Crippen LogP contribution in [-0.2, 0) is 16.1 Å². The SMILES string of the molecule is CC(C)(C)C(=O)OCC(O)CN(Cc1ccc(F)cc1)C(=O)O. The van der Waals surface area contributed by atoms with E-state index < -0.39 is 29.4 Å². The number of amides is 1. The van der Waals surface area contributed by atoms with Gasteiger partial charge in [-0.1, -0.05) is 12.1 Å². The van der Waals surface area contributed by atoms with Crippen molar-refractivity contribution in [1.29, 1.82) is 0 Å². The predicted octanol–water partition coefficient (Wildman–Crippen LogP) is 2.26. The Balaban J connectivity index is 2.57. The normalized spacial score (nSPS) is 12.6. The highest BCUT2D eigenvalue weighted by Gasteiger charge is 2.25. The van der Waals surface area contributed by atoms with Crippen LogP contribution in [0.15, 0.2) is 24.3 Å². The van der Waals surface area contributed by atoms with Gasteiger partial charge in [0.05, 0.1) is 12.0 Å². The van der Waals surface area contributed by atoms with Crippen LogP contribution < -0.4 is 0 Å². The van der Waals surface area contributed by atoms with E-state index in [-0.39, 0.29) is 19.7 Å². The van der Waals surface area contributed by atoms with E-state index in [0.717, 1.165) is 4.90 Å². The Hall–Kier alpha value is -2.15. The first-order valence-electron chi connectivity index (χ1n) is 7.17. The van der Waals surface area contributed by atoms with Crippen molar-refractivity contribution in [2.75, 3.05) is 13.2 Å². The van der Waals surface area contributed by atoms with E-state index in [1.165, 1.54) is 24.3 Å². The molecule has 1 amide bonds. The Labute approximate surface area is 134 Å². The maximum Gasteiger partial charge on any atom is 0.407 e. The number of benzene rings is 1. The van der Waals surface area contributed by atoms with Crippen LogP contribution in [0.1, 0.15) is 26.3 Å². The highest BCUT2D eigenvalue weighted by atomic mass is 19.1. The van der Waals surface area contributed by atoms with Crippen LogP contribution in [0.25, 0.3) is 0 Å². The average molecular weight is 327 g/mol. The fourth-order valence-corrected chi connectivity index (χ4v) is 1.72. The topological polar surface area (TPSA) is 87.1 Å². The van der Waals surface area contributed by atoms with E-state index >= 15 is 0 Å². The van der Waals surface area contributed by atoms with E-state index in [4.69, 9.17) is 4.74 Å². The quantitative estimate of drug-likeness (QED) is 0.783. The van der Waals surface area contributed by atoms with E-state index in [0.29, 0.717) is 5.56 Å². The number of hydrogen-bond donors (Lipinski definition) is 2. The summed E-state index contributed by atoms with van der Waals surface area (Å²) in [6.07, 6.45) is -2.37. The number of ether oxygens (including phenoxy) is 1. The molecule has 0 radical (unpaired) electrons. The second kappa shape index (κ2) is 7.92. The van der Waals surface area contributed by atoms with E-state index in [1.54, 1.807) is 20.8 Å². The number of aliphatic hydroxyl groups excluding tert-OH is 1. The summed E-state index contributed by atoms with van der Waals surface area (Å²) in [7, 11) is 0. The van der Waals surface area contributed by atoms with Crippen LogP contribution in [0.2, 0.25) is 0 Å². The van der Waals surface area contributed by atoms with Crippen LogP contribution in [-0.4, -0.2) is 46.4 Å². The summed E-state index contributed by atoms with van der Waals surface area (Å²) in [5.74, 6) is -0.887. The third-order valence-electron chi connectivity index (χ3n) is 3.01.